The summed E-state index contributed by atoms with van der Waals surface area (Å²) in [7, 11) is 0. The number of pyridine rings is 1. The van der Waals surface area contributed by atoms with Gasteiger partial charge in [0.25, 0.3) is 0 Å². The molecule has 1 aromatic carbocycles. The Hall–Kier alpha value is -2.20. The van der Waals surface area contributed by atoms with Gasteiger partial charge >= 0.3 is 5.97 Å². The van der Waals surface area contributed by atoms with Crippen molar-refractivity contribution in [1.82, 2.24) is 9.88 Å². The van der Waals surface area contributed by atoms with E-state index < -0.39 is 5.97 Å². The summed E-state index contributed by atoms with van der Waals surface area (Å²) in [4.78, 5) is 18.1. The highest BCUT2D eigenvalue weighted by Crippen LogP contribution is 2.33. The van der Waals surface area contributed by atoms with Crippen molar-refractivity contribution in [3.63, 3.8) is 0 Å². The number of carboxylic acids is 1. The predicted molar refractivity (Wildman–Crippen MR) is 89.6 cm³/mol. The van der Waals surface area contributed by atoms with E-state index >= 15 is 0 Å². The Morgan fingerprint density at radius 2 is 1.96 bits per heavy atom. The lowest BCUT2D eigenvalue weighted by Crippen LogP contribution is -2.35. The molecular weight excluding hydrogens is 288 g/mol. The maximum atomic E-state index is 11.4. The molecule has 0 saturated carbocycles. The minimum Gasteiger partial charge on any atom is -0.478 e. The zero-order chi connectivity index (χ0) is 16.2. The van der Waals surface area contributed by atoms with Gasteiger partial charge < -0.3 is 5.11 Å². The van der Waals surface area contributed by atoms with Crippen molar-refractivity contribution in [3.05, 3.63) is 65.5 Å². The van der Waals surface area contributed by atoms with Crippen molar-refractivity contribution in [2.24, 2.45) is 0 Å². The van der Waals surface area contributed by atoms with Crippen molar-refractivity contribution >= 4 is 5.97 Å². The average molecular weight is 310 g/mol. The van der Waals surface area contributed by atoms with Crippen LogP contribution in [0.2, 0.25) is 0 Å². The molecule has 1 fully saturated rings. The molecule has 1 atom stereocenters. The Bertz CT molecular complexity index is 664. The maximum absolute atomic E-state index is 11.4. The van der Waals surface area contributed by atoms with Gasteiger partial charge in [0.1, 0.15) is 0 Å². The van der Waals surface area contributed by atoms with Gasteiger partial charge in [0.2, 0.25) is 0 Å². The van der Waals surface area contributed by atoms with Crippen LogP contribution in [0.3, 0.4) is 0 Å². The van der Waals surface area contributed by atoms with Crippen LogP contribution in [0.4, 0.5) is 0 Å². The summed E-state index contributed by atoms with van der Waals surface area (Å²) in [6.07, 6.45) is 5.71. The van der Waals surface area contributed by atoms with E-state index in [0.717, 1.165) is 31.5 Å². The van der Waals surface area contributed by atoms with Gasteiger partial charge in [-0.2, -0.15) is 0 Å². The SMILES string of the molecule is CC(c1cccnc1)N1CCC(c2ccccc2C(=O)O)CC1. The smallest absolute Gasteiger partial charge is 0.335 e. The fourth-order valence-corrected chi connectivity index (χ4v) is 3.48. The molecule has 0 radical (unpaired) electrons. The number of likely N-dealkylation sites (tertiary alicyclic amines) is 1. The molecule has 23 heavy (non-hydrogen) atoms. The normalized spacial score (nSPS) is 17.8. The van der Waals surface area contributed by atoms with Gasteiger partial charge in [-0.25, -0.2) is 4.79 Å². The monoisotopic (exact) mass is 310 g/mol. The zero-order valence-electron chi connectivity index (χ0n) is 13.4. The third-order valence-corrected chi connectivity index (χ3v) is 4.88. The molecule has 4 nitrogen and oxygen atoms in total. The largest absolute Gasteiger partial charge is 0.478 e. The van der Waals surface area contributed by atoms with Crippen molar-refractivity contribution in [2.75, 3.05) is 13.1 Å². The second kappa shape index (κ2) is 6.92. The molecule has 0 spiro atoms. The summed E-state index contributed by atoms with van der Waals surface area (Å²) >= 11 is 0. The maximum Gasteiger partial charge on any atom is 0.335 e. The topological polar surface area (TPSA) is 53.4 Å². The van der Waals surface area contributed by atoms with Gasteiger partial charge in [0.05, 0.1) is 5.56 Å². The number of nitrogens with zero attached hydrogens (tertiary/aromatic N) is 2. The summed E-state index contributed by atoms with van der Waals surface area (Å²) in [6.45, 7) is 4.17. The summed E-state index contributed by atoms with van der Waals surface area (Å²) in [5, 5.41) is 9.37. The van der Waals surface area contributed by atoms with Crippen LogP contribution < -0.4 is 0 Å². The molecule has 1 aliphatic heterocycles. The molecular formula is C19H22N2O2. The first-order chi connectivity index (χ1) is 11.2. The second-order valence-electron chi connectivity index (χ2n) is 6.16. The third-order valence-electron chi connectivity index (χ3n) is 4.88. The molecule has 0 bridgehead atoms. The van der Waals surface area contributed by atoms with E-state index in [-0.39, 0.29) is 0 Å². The van der Waals surface area contributed by atoms with E-state index in [1.165, 1.54) is 5.56 Å². The fraction of sp³-hybridized carbons (Fsp3) is 0.368. The molecule has 2 heterocycles. The Labute approximate surface area is 136 Å². The Balaban J connectivity index is 1.68. The molecule has 120 valence electrons. The quantitative estimate of drug-likeness (QED) is 0.935. The van der Waals surface area contributed by atoms with Gasteiger partial charge in [0.15, 0.2) is 0 Å². The van der Waals surface area contributed by atoms with Gasteiger partial charge in [-0.1, -0.05) is 24.3 Å². The van der Waals surface area contributed by atoms with E-state index in [4.69, 9.17) is 0 Å². The van der Waals surface area contributed by atoms with E-state index in [2.05, 4.69) is 22.9 Å². The number of hydrogen-bond donors (Lipinski definition) is 1. The summed E-state index contributed by atoms with van der Waals surface area (Å²) in [6, 6.07) is 11.8. The number of piperidine rings is 1. The number of carbonyl (C=O) groups is 1. The average Bonchev–Trinajstić information content (AvgIpc) is 2.62. The molecule has 2 aromatic rings. The molecule has 0 amide bonds. The van der Waals surface area contributed by atoms with Crippen LogP contribution in [0.1, 0.15) is 53.2 Å². The van der Waals surface area contributed by atoms with Gasteiger partial charge in [0, 0.05) is 18.4 Å². The standard InChI is InChI=1S/C19H22N2O2/c1-14(16-5-4-10-20-13-16)21-11-8-15(9-12-21)17-6-2-3-7-18(17)19(22)23/h2-7,10,13-15H,8-9,11-12H2,1H3,(H,22,23). The summed E-state index contributed by atoms with van der Waals surface area (Å²) < 4.78 is 0. The Morgan fingerprint density at radius 1 is 1.22 bits per heavy atom. The number of rotatable bonds is 4. The number of benzene rings is 1. The van der Waals surface area contributed by atoms with Crippen LogP contribution in [-0.4, -0.2) is 34.0 Å². The number of aromatic carboxylic acids is 1. The van der Waals surface area contributed by atoms with Crippen LogP contribution in [0.15, 0.2) is 48.8 Å². The van der Waals surface area contributed by atoms with E-state index in [1.54, 1.807) is 18.3 Å². The molecule has 0 aliphatic carbocycles. The van der Waals surface area contributed by atoms with E-state index in [1.807, 2.05) is 24.4 Å². The Morgan fingerprint density at radius 3 is 2.61 bits per heavy atom. The lowest BCUT2D eigenvalue weighted by atomic mass is 9.86. The van der Waals surface area contributed by atoms with Gasteiger partial charge in [-0.05, 0) is 62.0 Å². The molecule has 1 unspecified atom stereocenters. The van der Waals surface area contributed by atoms with Crippen LogP contribution in [0.25, 0.3) is 0 Å². The molecule has 1 N–H and O–H groups in total. The first-order valence-corrected chi connectivity index (χ1v) is 8.13. The fourth-order valence-electron chi connectivity index (χ4n) is 3.48. The summed E-state index contributed by atoms with van der Waals surface area (Å²) in [5.74, 6) is -0.494. The summed E-state index contributed by atoms with van der Waals surface area (Å²) in [5.41, 5.74) is 2.66. The van der Waals surface area contributed by atoms with E-state index in [9.17, 15) is 9.90 Å². The highest BCUT2D eigenvalue weighted by atomic mass is 16.4. The minimum atomic E-state index is -0.827. The number of aromatic nitrogens is 1. The van der Waals surface area contributed by atoms with E-state index in [0.29, 0.717) is 17.5 Å². The zero-order valence-corrected chi connectivity index (χ0v) is 13.4. The first kappa shape index (κ1) is 15.7. The highest BCUT2D eigenvalue weighted by Gasteiger charge is 2.26. The molecule has 1 aliphatic rings. The van der Waals surface area contributed by atoms with Gasteiger partial charge in [-0.15, -0.1) is 0 Å². The van der Waals surface area contributed by atoms with Crippen LogP contribution >= 0.6 is 0 Å². The van der Waals surface area contributed by atoms with Crippen molar-refractivity contribution in [3.8, 4) is 0 Å². The molecule has 1 aromatic heterocycles. The number of hydrogen-bond acceptors (Lipinski definition) is 3. The molecule has 4 heteroatoms. The first-order valence-electron chi connectivity index (χ1n) is 8.13. The lowest BCUT2D eigenvalue weighted by molar-refractivity contribution is 0.0694. The number of carboxylic acid groups (broad SMARTS) is 1. The minimum absolute atomic E-state index is 0.333. The lowest BCUT2D eigenvalue weighted by Gasteiger charge is -2.36. The molecule has 1 saturated heterocycles. The Kier molecular flexibility index (Phi) is 4.72. The van der Waals surface area contributed by atoms with Gasteiger partial charge in [-0.3, -0.25) is 9.88 Å². The third kappa shape index (κ3) is 3.42. The van der Waals surface area contributed by atoms with Crippen molar-refractivity contribution in [2.45, 2.75) is 31.7 Å². The predicted octanol–water partition coefficient (Wildman–Crippen LogP) is 3.72. The second-order valence-corrected chi connectivity index (χ2v) is 6.16. The van der Waals surface area contributed by atoms with Crippen molar-refractivity contribution in [1.29, 1.82) is 0 Å². The highest BCUT2D eigenvalue weighted by molar-refractivity contribution is 5.89. The van der Waals surface area contributed by atoms with Crippen LogP contribution in [0, 0.1) is 0 Å². The van der Waals surface area contributed by atoms with Crippen molar-refractivity contribution < 1.29 is 9.90 Å². The van der Waals surface area contributed by atoms with Crippen LogP contribution in [-0.2, 0) is 0 Å². The van der Waals surface area contributed by atoms with Crippen LogP contribution in [0.5, 0.6) is 0 Å². The molecule has 3 rings (SSSR count).